The molecule has 1 aliphatic rings. The fourth-order valence-electron chi connectivity index (χ4n) is 2.81. The quantitative estimate of drug-likeness (QED) is 0.798. The summed E-state index contributed by atoms with van der Waals surface area (Å²) < 4.78 is 5.34. The van der Waals surface area contributed by atoms with E-state index in [-0.39, 0.29) is 5.78 Å². The van der Waals surface area contributed by atoms with Crippen LogP contribution in [-0.2, 0) is 13.1 Å². The number of methoxy groups -OCH3 is 1. The molecule has 2 aromatic carbocycles. The Morgan fingerprint density at radius 1 is 1.05 bits per heavy atom. The summed E-state index contributed by atoms with van der Waals surface area (Å²) in [6.07, 6.45) is 0. The van der Waals surface area contributed by atoms with Gasteiger partial charge in [0.25, 0.3) is 0 Å². The molecule has 20 heavy (non-hydrogen) atoms. The third-order valence-corrected chi connectivity index (χ3v) is 3.76. The number of rotatable bonds is 3. The second kappa shape index (κ2) is 5.00. The molecule has 3 heteroatoms. The molecule has 0 atom stereocenters. The number of anilines is 1. The number of ether oxygens (including phenoxy) is 1. The van der Waals surface area contributed by atoms with Gasteiger partial charge < -0.3 is 9.64 Å². The standard InChI is InChI=1S/C17H17NO2/c1-12(19)17-15(8-5-9-16(17)20-2)18-10-13-6-3-4-7-14(13)11-18/h3-9H,10-11H2,1-2H3. The van der Waals surface area contributed by atoms with Gasteiger partial charge in [0, 0.05) is 13.1 Å². The van der Waals surface area contributed by atoms with E-state index in [2.05, 4.69) is 29.2 Å². The minimum atomic E-state index is 0.0356. The van der Waals surface area contributed by atoms with Gasteiger partial charge >= 0.3 is 0 Å². The van der Waals surface area contributed by atoms with E-state index in [0.29, 0.717) is 11.3 Å². The van der Waals surface area contributed by atoms with E-state index in [1.165, 1.54) is 11.1 Å². The summed E-state index contributed by atoms with van der Waals surface area (Å²) in [5.74, 6) is 0.680. The third kappa shape index (κ3) is 2.05. The number of nitrogens with zero attached hydrogens (tertiary/aromatic N) is 1. The summed E-state index contributed by atoms with van der Waals surface area (Å²) >= 11 is 0. The number of carbonyl (C=O) groups excluding carboxylic acids is 1. The zero-order chi connectivity index (χ0) is 14.1. The van der Waals surface area contributed by atoms with E-state index in [4.69, 9.17) is 4.74 Å². The fraction of sp³-hybridized carbons (Fsp3) is 0.235. The van der Waals surface area contributed by atoms with Crippen LogP contribution in [0.1, 0.15) is 28.4 Å². The highest BCUT2D eigenvalue weighted by atomic mass is 16.5. The van der Waals surface area contributed by atoms with Gasteiger partial charge in [0.2, 0.25) is 0 Å². The molecule has 0 N–H and O–H groups in total. The largest absolute Gasteiger partial charge is 0.496 e. The number of hydrogen-bond donors (Lipinski definition) is 0. The molecule has 0 saturated heterocycles. The third-order valence-electron chi connectivity index (χ3n) is 3.76. The second-order valence-electron chi connectivity index (χ2n) is 5.04. The monoisotopic (exact) mass is 267 g/mol. The van der Waals surface area contributed by atoms with Crippen molar-refractivity contribution in [3.05, 3.63) is 59.2 Å². The highest BCUT2D eigenvalue weighted by Crippen LogP contribution is 2.34. The van der Waals surface area contributed by atoms with Gasteiger partial charge in [0.05, 0.1) is 18.4 Å². The Morgan fingerprint density at radius 3 is 2.25 bits per heavy atom. The Bertz CT molecular complexity index is 639. The molecule has 1 aliphatic heterocycles. The lowest BCUT2D eigenvalue weighted by molar-refractivity contribution is 0.101. The molecule has 102 valence electrons. The number of ketones is 1. The second-order valence-corrected chi connectivity index (χ2v) is 5.04. The van der Waals surface area contributed by atoms with Gasteiger partial charge in [-0.3, -0.25) is 4.79 Å². The van der Waals surface area contributed by atoms with Crippen molar-refractivity contribution in [3.63, 3.8) is 0 Å². The summed E-state index contributed by atoms with van der Waals surface area (Å²) in [6, 6.07) is 14.2. The summed E-state index contributed by atoms with van der Waals surface area (Å²) in [4.78, 5) is 14.2. The van der Waals surface area contributed by atoms with E-state index in [0.717, 1.165) is 18.8 Å². The van der Waals surface area contributed by atoms with Gasteiger partial charge in [0.15, 0.2) is 5.78 Å². The van der Waals surface area contributed by atoms with E-state index in [1.54, 1.807) is 14.0 Å². The van der Waals surface area contributed by atoms with Crippen molar-refractivity contribution < 1.29 is 9.53 Å². The van der Waals surface area contributed by atoms with Crippen LogP contribution in [0.25, 0.3) is 0 Å². The smallest absolute Gasteiger partial charge is 0.165 e. The number of fused-ring (bicyclic) bond motifs is 1. The molecule has 0 aromatic heterocycles. The molecule has 3 rings (SSSR count). The molecule has 0 unspecified atom stereocenters. The van der Waals surface area contributed by atoms with Crippen LogP contribution >= 0.6 is 0 Å². The van der Waals surface area contributed by atoms with Gasteiger partial charge in [-0.2, -0.15) is 0 Å². The predicted octanol–water partition coefficient (Wildman–Crippen LogP) is 3.42. The Labute approximate surface area is 118 Å². The minimum absolute atomic E-state index is 0.0356. The molecule has 0 amide bonds. The molecule has 0 fully saturated rings. The van der Waals surface area contributed by atoms with Crippen LogP contribution in [0, 0.1) is 0 Å². The zero-order valence-electron chi connectivity index (χ0n) is 11.7. The van der Waals surface area contributed by atoms with Crippen molar-refractivity contribution in [2.45, 2.75) is 20.0 Å². The van der Waals surface area contributed by atoms with Crippen LogP contribution in [0.15, 0.2) is 42.5 Å². The summed E-state index contributed by atoms with van der Waals surface area (Å²) in [7, 11) is 1.60. The summed E-state index contributed by atoms with van der Waals surface area (Å²) in [5, 5.41) is 0. The first-order valence-electron chi connectivity index (χ1n) is 6.70. The highest BCUT2D eigenvalue weighted by Gasteiger charge is 2.23. The lowest BCUT2D eigenvalue weighted by Gasteiger charge is -2.22. The Hall–Kier alpha value is -2.29. The van der Waals surface area contributed by atoms with Crippen LogP contribution in [0.4, 0.5) is 5.69 Å². The van der Waals surface area contributed by atoms with Gasteiger partial charge in [-0.1, -0.05) is 30.3 Å². The molecule has 2 aromatic rings. The fourth-order valence-corrected chi connectivity index (χ4v) is 2.81. The lowest BCUT2D eigenvalue weighted by atomic mass is 10.1. The van der Waals surface area contributed by atoms with Crippen molar-refractivity contribution in [1.29, 1.82) is 0 Å². The molecule has 3 nitrogen and oxygen atoms in total. The number of hydrogen-bond acceptors (Lipinski definition) is 3. The Balaban J connectivity index is 2.03. The van der Waals surface area contributed by atoms with Crippen LogP contribution in [0.5, 0.6) is 5.75 Å². The highest BCUT2D eigenvalue weighted by molar-refractivity contribution is 6.02. The maximum atomic E-state index is 12.0. The first-order valence-corrected chi connectivity index (χ1v) is 6.70. The molecule has 0 bridgehead atoms. The van der Waals surface area contributed by atoms with Crippen LogP contribution in [0.2, 0.25) is 0 Å². The molecular weight excluding hydrogens is 250 g/mol. The van der Waals surface area contributed by atoms with Crippen molar-refractivity contribution in [2.75, 3.05) is 12.0 Å². The Kier molecular flexibility index (Phi) is 3.18. The maximum absolute atomic E-state index is 12.0. The lowest BCUT2D eigenvalue weighted by Crippen LogP contribution is -2.18. The predicted molar refractivity (Wildman–Crippen MR) is 79.3 cm³/mol. The van der Waals surface area contributed by atoms with Crippen LogP contribution in [-0.4, -0.2) is 12.9 Å². The topological polar surface area (TPSA) is 29.5 Å². The number of Topliss-reactive ketones (excluding diaryl/α,β-unsaturated/α-hetero) is 1. The van der Waals surface area contributed by atoms with Crippen molar-refractivity contribution in [2.24, 2.45) is 0 Å². The van der Waals surface area contributed by atoms with Gasteiger partial charge in [0.1, 0.15) is 5.75 Å². The van der Waals surface area contributed by atoms with E-state index in [9.17, 15) is 4.79 Å². The summed E-state index contributed by atoms with van der Waals surface area (Å²) in [5.41, 5.74) is 4.27. The van der Waals surface area contributed by atoms with Crippen LogP contribution < -0.4 is 9.64 Å². The normalized spacial score (nSPS) is 13.2. The number of benzene rings is 2. The van der Waals surface area contributed by atoms with E-state index in [1.807, 2.05) is 18.2 Å². The molecule has 0 radical (unpaired) electrons. The average Bonchev–Trinajstić information content (AvgIpc) is 2.90. The minimum Gasteiger partial charge on any atom is -0.496 e. The van der Waals surface area contributed by atoms with Gasteiger partial charge in [-0.15, -0.1) is 0 Å². The molecule has 0 aliphatic carbocycles. The van der Waals surface area contributed by atoms with Crippen LogP contribution in [0.3, 0.4) is 0 Å². The van der Waals surface area contributed by atoms with Crippen molar-refractivity contribution in [1.82, 2.24) is 0 Å². The summed E-state index contributed by atoms with van der Waals surface area (Å²) in [6.45, 7) is 3.26. The SMILES string of the molecule is COc1cccc(N2Cc3ccccc3C2)c1C(C)=O. The first-order chi connectivity index (χ1) is 9.70. The average molecular weight is 267 g/mol. The molecule has 0 spiro atoms. The van der Waals surface area contributed by atoms with Gasteiger partial charge in [-0.05, 0) is 30.2 Å². The Morgan fingerprint density at radius 2 is 1.70 bits per heavy atom. The van der Waals surface area contributed by atoms with Crippen molar-refractivity contribution >= 4 is 11.5 Å². The van der Waals surface area contributed by atoms with E-state index < -0.39 is 0 Å². The molecular formula is C17H17NO2. The number of carbonyl (C=O) groups is 1. The van der Waals surface area contributed by atoms with Crippen molar-refractivity contribution in [3.8, 4) is 5.75 Å². The first kappa shape index (κ1) is 12.7. The maximum Gasteiger partial charge on any atom is 0.165 e. The van der Waals surface area contributed by atoms with Gasteiger partial charge in [-0.25, -0.2) is 0 Å². The zero-order valence-corrected chi connectivity index (χ0v) is 11.7. The molecule has 1 heterocycles. The molecule has 0 saturated carbocycles. The van der Waals surface area contributed by atoms with E-state index >= 15 is 0 Å².